The fourth-order valence-corrected chi connectivity index (χ4v) is 3.68. The van der Waals surface area contributed by atoms with Gasteiger partial charge in [0.15, 0.2) is 0 Å². The van der Waals surface area contributed by atoms with Crippen LogP contribution in [0.15, 0.2) is 30.3 Å². The third-order valence-electron chi connectivity index (χ3n) is 5.21. The van der Waals surface area contributed by atoms with Gasteiger partial charge in [-0.15, -0.1) is 0 Å². The fraction of sp³-hybridized carbons (Fsp3) is 0.579. The maximum Gasteiger partial charge on any atom is 0.234 e. The van der Waals surface area contributed by atoms with E-state index >= 15 is 0 Å². The molecule has 136 valence electrons. The van der Waals surface area contributed by atoms with Gasteiger partial charge in [-0.1, -0.05) is 30.3 Å². The van der Waals surface area contributed by atoms with Crippen molar-refractivity contribution in [1.29, 1.82) is 0 Å². The molecular formula is C19H28N4O2. The second-order valence-corrected chi connectivity index (χ2v) is 7.13. The molecule has 1 heterocycles. The third-order valence-corrected chi connectivity index (χ3v) is 5.21. The molecule has 25 heavy (non-hydrogen) atoms. The minimum atomic E-state index is 0.0328. The highest BCUT2D eigenvalue weighted by atomic mass is 16.2. The fourth-order valence-electron chi connectivity index (χ4n) is 3.68. The summed E-state index contributed by atoms with van der Waals surface area (Å²) in [5.41, 5.74) is 7.01. The van der Waals surface area contributed by atoms with Gasteiger partial charge in [0.2, 0.25) is 11.8 Å². The molecule has 1 aliphatic carbocycles. The minimum Gasteiger partial charge on any atom is -0.351 e. The van der Waals surface area contributed by atoms with Gasteiger partial charge in [0, 0.05) is 44.7 Å². The SMILES string of the molecule is NC1CCC(C(=O)N2CCN(CC(=O)NCc3ccccc3)CC2)C1. The Morgan fingerprint density at radius 2 is 1.80 bits per heavy atom. The Hall–Kier alpha value is -1.92. The van der Waals surface area contributed by atoms with Gasteiger partial charge in [-0.25, -0.2) is 0 Å². The molecule has 6 nitrogen and oxygen atoms in total. The Kier molecular flexibility index (Phi) is 6.04. The highest BCUT2D eigenvalue weighted by Crippen LogP contribution is 2.26. The average molecular weight is 344 g/mol. The number of hydrogen-bond donors (Lipinski definition) is 2. The van der Waals surface area contributed by atoms with Crippen LogP contribution in [0.4, 0.5) is 0 Å². The quantitative estimate of drug-likeness (QED) is 0.819. The molecule has 2 fully saturated rings. The van der Waals surface area contributed by atoms with Gasteiger partial charge < -0.3 is 16.0 Å². The van der Waals surface area contributed by atoms with Crippen molar-refractivity contribution in [2.75, 3.05) is 32.7 Å². The van der Waals surface area contributed by atoms with Gasteiger partial charge in [0.25, 0.3) is 0 Å². The van der Waals surface area contributed by atoms with Crippen LogP contribution in [0.2, 0.25) is 0 Å². The van der Waals surface area contributed by atoms with E-state index < -0.39 is 0 Å². The van der Waals surface area contributed by atoms with E-state index in [1.165, 1.54) is 0 Å². The molecule has 3 rings (SSSR count). The van der Waals surface area contributed by atoms with Crippen molar-refractivity contribution in [3.05, 3.63) is 35.9 Å². The lowest BCUT2D eigenvalue weighted by atomic mass is 10.1. The van der Waals surface area contributed by atoms with Gasteiger partial charge in [-0.05, 0) is 24.8 Å². The van der Waals surface area contributed by atoms with Crippen LogP contribution in [0.1, 0.15) is 24.8 Å². The second kappa shape index (κ2) is 8.45. The van der Waals surface area contributed by atoms with Gasteiger partial charge in [0.1, 0.15) is 0 Å². The normalized spacial score (nSPS) is 24.3. The van der Waals surface area contributed by atoms with Crippen molar-refractivity contribution in [3.8, 4) is 0 Å². The van der Waals surface area contributed by atoms with Crippen LogP contribution in [0.5, 0.6) is 0 Å². The van der Waals surface area contributed by atoms with Crippen LogP contribution in [0.3, 0.4) is 0 Å². The van der Waals surface area contributed by atoms with E-state index in [9.17, 15) is 9.59 Å². The molecular weight excluding hydrogens is 316 g/mol. The minimum absolute atomic E-state index is 0.0328. The summed E-state index contributed by atoms with van der Waals surface area (Å²) in [5.74, 6) is 0.391. The highest BCUT2D eigenvalue weighted by molar-refractivity contribution is 5.80. The molecule has 1 aliphatic heterocycles. The topological polar surface area (TPSA) is 78.7 Å². The summed E-state index contributed by atoms with van der Waals surface area (Å²) in [4.78, 5) is 28.7. The number of amides is 2. The molecule has 2 aliphatic rings. The van der Waals surface area contributed by atoms with Crippen molar-refractivity contribution >= 4 is 11.8 Å². The first-order valence-electron chi connectivity index (χ1n) is 9.19. The van der Waals surface area contributed by atoms with E-state index in [1.54, 1.807) is 0 Å². The van der Waals surface area contributed by atoms with E-state index in [4.69, 9.17) is 5.73 Å². The number of nitrogens with zero attached hydrogens (tertiary/aromatic N) is 2. The molecule has 2 atom stereocenters. The molecule has 6 heteroatoms. The van der Waals surface area contributed by atoms with Gasteiger partial charge in [-0.2, -0.15) is 0 Å². The van der Waals surface area contributed by atoms with Crippen molar-refractivity contribution in [1.82, 2.24) is 15.1 Å². The number of hydrogen-bond acceptors (Lipinski definition) is 4. The van der Waals surface area contributed by atoms with E-state index in [0.29, 0.717) is 26.2 Å². The standard InChI is InChI=1S/C19H28N4O2/c20-17-7-6-16(12-17)19(25)23-10-8-22(9-11-23)14-18(24)21-13-15-4-2-1-3-5-15/h1-5,16-17H,6-14,20H2,(H,21,24). The maximum absolute atomic E-state index is 12.5. The lowest BCUT2D eigenvalue weighted by Crippen LogP contribution is -2.52. The first kappa shape index (κ1) is 17.9. The highest BCUT2D eigenvalue weighted by Gasteiger charge is 2.32. The predicted octanol–water partition coefficient (Wildman–Crippen LogP) is 0.574. The zero-order valence-electron chi connectivity index (χ0n) is 14.7. The van der Waals surface area contributed by atoms with Gasteiger partial charge >= 0.3 is 0 Å². The Labute approximate surface area is 149 Å². The van der Waals surface area contributed by atoms with E-state index in [-0.39, 0.29) is 23.8 Å². The van der Waals surface area contributed by atoms with Crippen molar-refractivity contribution in [2.24, 2.45) is 11.7 Å². The van der Waals surface area contributed by atoms with Crippen LogP contribution in [-0.2, 0) is 16.1 Å². The van der Waals surface area contributed by atoms with E-state index in [2.05, 4.69) is 10.2 Å². The summed E-state index contributed by atoms with van der Waals surface area (Å²) in [6, 6.07) is 10.1. The molecule has 0 aromatic heterocycles. The number of nitrogens with one attached hydrogen (secondary N) is 1. The van der Waals surface area contributed by atoms with Crippen molar-refractivity contribution in [3.63, 3.8) is 0 Å². The molecule has 0 spiro atoms. The molecule has 1 saturated carbocycles. The van der Waals surface area contributed by atoms with Gasteiger partial charge in [-0.3, -0.25) is 14.5 Å². The summed E-state index contributed by atoms with van der Waals surface area (Å²) >= 11 is 0. The average Bonchev–Trinajstić information content (AvgIpc) is 3.07. The largest absolute Gasteiger partial charge is 0.351 e. The number of nitrogens with two attached hydrogens (primary N) is 1. The summed E-state index contributed by atoms with van der Waals surface area (Å²) < 4.78 is 0. The van der Waals surface area contributed by atoms with Crippen LogP contribution in [-0.4, -0.2) is 60.4 Å². The lowest BCUT2D eigenvalue weighted by Gasteiger charge is -2.35. The molecule has 0 bridgehead atoms. The predicted molar refractivity (Wildman–Crippen MR) is 96.6 cm³/mol. The zero-order valence-corrected chi connectivity index (χ0v) is 14.7. The Morgan fingerprint density at radius 1 is 1.08 bits per heavy atom. The van der Waals surface area contributed by atoms with E-state index in [0.717, 1.165) is 37.9 Å². The van der Waals surface area contributed by atoms with E-state index in [1.807, 2.05) is 35.2 Å². The molecule has 3 N–H and O–H groups in total. The Balaban J connectivity index is 1.37. The first-order valence-corrected chi connectivity index (χ1v) is 9.19. The Bertz CT molecular complexity index is 584. The summed E-state index contributed by atoms with van der Waals surface area (Å²) in [7, 11) is 0. The molecule has 2 unspecified atom stereocenters. The number of carbonyl (C=O) groups is 2. The summed E-state index contributed by atoms with van der Waals surface area (Å²) in [5, 5.41) is 2.95. The second-order valence-electron chi connectivity index (χ2n) is 7.13. The number of benzene rings is 1. The van der Waals surface area contributed by atoms with Gasteiger partial charge in [0.05, 0.1) is 6.54 Å². The smallest absolute Gasteiger partial charge is 0.234 e. The Morgan fingerprint density at radius 3 is 2.44 bits per heavy atom. The third kappa shape index (κ3) is 5.03. The van der Waals surface area contributed by atoms with Crippen LogP contribution < -0.4 is 11.1 Å². The zero-order chi connectivity index (χ0) is 17.6. The van der Waals surface area contributed by atoms with Crippen molar-refractivity contribution < 1.29 is 9.59 Å². The van der Waals surface area contributed by atoms with Crippen LogP contribution in [0, 0.1) is 5.92 Å². The molecule has 1 aromatic carbocycles. The summed E-state index contributed by atoms with van der Waals surface area (Å²) in [6.07, 6.45) is 2.70. The number of carbonyl (C=O) groups excluding carboxylic acids is 2. The first-order chi connectivity index (χ1) is 12.1. The molecule has 1 aromatic rings. The molecule has 2 amide bonds. The van der Waals surface area contributed by atoms with Crippen molar-refractivity contribution in [2.45, 2.75) is 31.8 Å². The van der Waals surface area contributed by atoms with Crippen LogP contribution in [0.25, 0.3) is 0 Å². The van der Waals surface area contributed by atoms with Crippen LogP contribution >= 0.6 is 0 Å². The molecule has 1 saturated heterocycles. The maximum atomic E-state index is 12.5. The monoisotopic (exact) mass is 344 g/mol. The lowest BCUT2D eigenvalue weighted by molar-refractivity contribution is -0.137. The number of piperazine rings is 1. The molecule has 0 radical (unpaired) electrons. The number of rotatable bonds is 5. The summed E-state index contributed by atoms with van der Waals surface area (Å²) in [6.45, 7) is 3.86.